The molecular weight excluding hydrogens is 200 g/mol. The standard InChI is InChI=1S/C14H26O2/c1-5-9-11-14(7-3,8-4)13(15)16-12-10-6-2/h7H,3,5-6,8-12H2,1-2,4H3. The lowest BCUT2D eigenvalue weighted by atomic mass is 9.80. The summed E-state index contributed by atoms with van der Waals surface area (Å²) in [6.45, 7) is 10.6. The predicted molar refractivity (Wildman–Crippen MR) is 68.3 cm³/mol. The molecular formula is C14H26O2. The summed E-state index contributed by atoms with van der Waals surface area (Å²) < 4.78 is 5.32. The third kappa shape index (κ3) is 4.38. The molecule has 0 bridgehead atoms. The lowest BCUT2D eigenvalue weighted by Gasteiger charge is -2.26. The van der Waals surface area contributed by atoms with Gasteiger partial charge in [0.2, 0.25) is 0 Å². The number of carbonyl (C=O) groups excluding carboxylic acids is 1. The molecule has 94 valence electrons. The summed E-state index contributed by atoms with van der Waals surface area (Å²) in [5.41, 5.74) is -0.455. The molecule has 0 rings (SSSR count). The van der Waals surface area contributed by atoms with Crippen LogP contribution < -0.4 is 0 Å². The van der Waals surface area contributed by atoms with Crippen molar-refractivity contribution in [3.05, 3.63) is 12.7 Å². The monoisotopic (exact) mass is 226 g/mol. The molecule has 1 atom stereocenters. The van der Waals surface area contributed by atoms with Crippen molar-refractivity contribution in [2.24, 2.45) is 5.41 Å². The maximum atomic E-state index is 12.0. The van der Waals surface area contributed by atoms with Crippen LogP contribution in [0.3, 0.4) is 0 Å². The second kappa shape index (κ2) is 8.37. The Morgan fingerprint density at radius 3 is 2.31 bits per heavy atom. The van der Waals surface area contributed by atoms with Gasteiger partial charge in [-0.25, -0.2) is 0 Å². The summed E-state index contributed by atoms with van der Waals surface area (Å²) >= 11 is 0. The van der Waals surface area contributed by atoms with E-state index in [2.05, 4.69) is 20.4 Å². The lowest BCUT2D eigenvalue weighted by molar-refractivity contribution is -0.153. The molecule has 0 aliphatic heterocycles. The highest BCUT2D eigenvalue weighted by Crippen LogP contribution is 2.31. The molecule has 0 radical (unpaired) electrons. The maximum absolute atomic E-state index is 12.0. The summed E-state index contributed by atoms with van der Waals surface area (Å²) in [6.07, 6.45) is 7.54. The van der Waals surface area contributed by atoms with Gasteiger partial charge in [0.25, 0.3) is 0 Å². The highest BCUT2D eigenvalue weighted by Gasteiger charge is 2.34. The van der Waals surface area contributed by atoms with Gasteiger partial charge >= 0.3 is 5.97 Å². The Morgan fingerprint density at radius 2 is 1.88 bits per heavy atom. The maximum Gasteiger partial charge on any atom is 0.315 e. The van der Waals surface area contributed by atoms with E-state index in [-0.39, 0.29) is 5.97 Å². The van der Waals surface area contributed by atoms with Crippen LogP contribution >= 0.6 is 0 Å². The molecule has 0 aromatic carbocycles. The molecule has 2 heteroatoms. The molecule has 0 saturated heterocycles. The molecule has 2 nitrogen and oxygen atoms in total. The average molecular weight is 226 g/mol. The fourth-order valence-corrected chi connectivity index (χ4v) is 1.70. The van der Waals surface area contributed by atoms with Crippen LogP contribution in [0.25, 0.3) is 0 Å². The summed E-state index contributed by atoms with van der Waals surface area (Å²) in [5.74, 6) is -0.0908. The molecule has 0 heterocycles. The van der Waals surface area contributed by atoms with Gasteiger partial charge in [0.05, 0.1) is 12.0 Å². The third-order valence-corrected chi connectivity index (χ3v) is 3.14. The molecule has 16 heavy (non-hydrogen) atoms. The van der Waals surface area contributed by atoms with Crippen molar-refractivity contribution in [2.45, 2.75) is 59.3 Å². The minimum Gasteiger partial charge on any atom is -0.465 e. The Kier molecular flexibility index (Phi) is 7.96. The molecule has 0 spiro atoms. The first-order valence-corrected chi connectivity index (χ1v) is 6.47. The van der Waals surface area contributed by atoms with Gasteiger partial charge in [0, 0.05) is 0 Å². The minimum absolute atomic E-state index is 0.0908. The molecule has 0 fully saturated rings. The number of esters is 1. The number of carbonyl (C=O) groups is 1. The molecule has 1 unspecified atom stereocenters. The third-order valence-electron chi connectivity index (χ3n) is 3.14. The molecule has 0 aliphatic carbocycles. The predicted octanol–water partition coefficient (Wildman–Crippen LogP) is 4.10. The second-order valence-electron chi connectivity index (χ2n) is 4.31. The van der Waals surface area contributed by atoms with E-state index in [1.54, 1.807) is 6.08 Å². The van der Waals surface area contributed by atoms with Crippen LogP contribution in [0.2, 0.25) is 0 Å². The fraction of sp³-hybridized carbons (Fsp3) is 0.786. The molecule has 0 saturated carbocycles. The van der Waals surface area contributed by atoms with Crippen molar-refractivity contribution in [1.29, 1.82) is 0 Å². The van der Waals surface area contributed by atoms with Crippen LogP contribution in [-0.2, 0) is 9.53 Å². The summed E-state index contributed by atoms with van der Waals surface area (Å²) in [7, 11) is 0. The van der Waals surface area contributed by atoms with E-state index in [9.17, 15) is 4.79 Å². The van der Waals surface area contributed by atoms with Gasteiger partial charge in [0.15, 0.2) is 0 Å². The van der Waals surface area contributed by atoms with Gasteiger partial charge in [-0.05, 0) is 19.3 Å². The van der Waals surface area contributed by atoms with E-state index in [4.69, 9.17) is 4.74 Å². The number of rotatable bonds is 9. The van der Waals surface area contributed by atoms with E-state index in [1.165, 1.54) is 0 Å². The number of unbranched alkanes of at least 4 members (excludes halogenated alkanes) is 2. The quantitative estimate of drug-likeness (QED) is 0.336. The Hall–Kier alpha value is -0.790. The smallest absolute Gasteiger partial charge is 0.315 e. The second-order valence-corrected chi connectivity index (χ2v) is 4.31. The van der Waals surface area contributed by atoms with E-state index in [0.29, 0.717) is 6.61 Å². The van der Waals surface area contributed by atoms with Crippen molar-refractivity contribution in [2.75, 3.05) is 6.61 Å². The first-order valence-electron chi connectivity index (χ1n) is 6.47. The van der Waals surface area contributed by atoms with Gasteiger partial charge in [-0.1, -0.05) is 46.1 Å². The number of hydrogen-bond acceptors (Lipinski definition) is 2. The van der Waals surface area contributed by atoms with Crippen LogP contribution in [0.4, 0.5) is 0 Å². The van der Waals surface area contributed by atoms with E-state index >= 15 is 0 Å². The van der Waals surface area contributed by atoms with Crippen LogP contribution in [-0.4, -0.2) is 12.6 Å². The fourth-order valence-electron chi connectivity index (χ4n) is 1.70. The first kappa shape index (κ1) is 15.2. The van der Waals surface area contributed by atoms with Crippen LogP contribution in [0, 0.1) is 5.41 Å². The Morgan fingerprint density at radius 1 is 1.25 bits per heavy atom. The molecule has 0 aromatic rings. The van der Waals surface area contributed by atoms with E-state index in [0.717, 1.165) is 38.5 Å². The molecule has 0 amide bonds. The number of hydrogen-bond donors (Lipinski definition) is 0. The van der Waals surface area contributed by atoms with Gasteiger partial charge < -0.3 is 4.74 Å². The van der Waals surface area contributed by atoms with Crippen molar-refractivity contribution in [3.63, 3.8) is 0 Å². The summed E-state index contributed by atoms with van der Waals surface area (Å²) in [6, 6.07) is 0. The highest BCUT2D eigenvalue weighted by molar-refractivity contribution is 5.78. The zero-order valence-corrected chi connectivity index (χ0v) is 11.1. The van der Waals surface area contributed by atoms with Crippen molar-refractivity contribution in [1.82, 2.24) is 0 Å². The lowest BCUT2D eigenvalue weighted by Crippen LogP contribution is -2.30. The van der Waals surface area contributed by atoms with Gasteiger partial charge in [0.1, 0.15) is 0 Å². The zero-order chi connectivity index (χ0) is 12.4. The molecule has 0 N–H and O–H groups in total. The topological polar surface area (TPSA) is 26.3 Å². The Labute approximate surface area is 100 Å². The van der Waals surface area contributed by atoms with Crippen molar-refractivity contribution >= 4 is 5.97 Å². The van der Waals surface area contributed by atoms with E-state index in [1.807, 2.05) is 6.92 Å². The Bertz CT molecular complexity index is 211. The van der Waals surface area contributed by atoms with Gasteiger partial charge in [-0.3, -0.25) is 4.79 Å². The van der Waals surface area contributed by atoms with E-state index < -0.39 is 5.41 Å². The first-order chi connectivity index (χ1) is 7.66. The van der Waals surface area contributed by atoms with Crippen molar-refractivity contribution in [3.8, 4) is 0 Å². The normalized spacial score (nSPS) is 14.2. The summed E-state index contributed by atoms with van der Waals surface area (Å²) in [4.78, 5) is 12.0. The highest BCUT2D eigenvalue weighted by atomic mass is 16.5. The Balaban J connectivity index is 4.37. The number of ether oxygens (including phenoxy) is 1. The van der Waals surface area contributed by atoms with Gasteiger partial charge in [-0.2, -0.15) is 0 Å². The molecule has 0 aromatic heterocycles. The SMILES string of the molecule is C=CC(CC)(CCCC)C(=O)OCCCC. The largest absolute Gasteiger partial charge is 0.465 e. The van der Waals surface area contributed by atoms with Crippen LogP contribution in [0.15, 0.2) is 12.7 Å². The van der Waals surface area contributed by atoms with Crippen molar-refractivity contribution < 1.29 is 9.53 Å². The summed E-state index contributed by atoms with van der Waals surface area (Å²) in [5, 5.41) is 0. The van der Waals surface area contributed by atoms with Crippen LogP contribution in [0.5, 0.6) is 0 Å². The average Bonchev–Trinajstić information content (AvgIpc) is 2.31. The zero-order valence-electron chi connectivity index (χ0n) is 11.1. The van der Waals surface area contributed by atoms with Crippen LogP contribution in [0.1, 0.15) is 59.3 Å². The van der Waals surface area contributed by atoms with Gasteiger partial charge in [-0.15, -0.1) is 6.58 Å². The minimum atomic E-state index is -0.455. The molecule has 0 aliphatic rings.